The van der Waals surface area contributed by atoms with E-state index in [9.17, 15) is 9.59 Å². The zero-order valence-electron chi connectivity index (χ0n) is 16.3. The Morgan fingerprint density at radius 2 is 2.04 bits per heavy atom. The Morgan fingerprint density at radius 3 is 2.79 bits per heavy atom. The Balaban J connectivity index is 1.97. The maximum Gasteiger partial charge on any atom is 0.338 e. The summed E-state index contributed by atoms with van der Waals surface area (Å²) in [6.07, 6.45) is 1.04. The summed E-state index contributed by atoms with van der Waals surface area (Å²) in [5, 5.41) is 6.16. The molecule has 2 aliphatic rings. The highest BCUT2D eigenvalue weighted by atomic mass is 35.5. The first-order chi connectivity index (χ1) is 13.5. The number of hydrogen-bond donors (Lipinski definition) is 2. The Bertz CT molecular complexity index is 768. The second-order valence-corrected chi connectivity index (χ2v) is 7.51. The lowest BCUT2D eigenvalue weighted by atomic mass is 9.95. The fraction of sp³-hybridized carbons (Fsp3) is 0.500. The molecule has 28 heavy (non-hydrogen) atoms. The lowest BCUT2D eigenvalue weighted by molar-refractivity contribution is -0.139. The van der Waals surface area contributed by atoms with Crippen molar-refractivity contribution in [3.8, 4) is 0 Å². The number of urea groups is 1. The van der Waals surface area contributed by atoms with Crippen molar-refractivity contribution in [1.82, 2.24) is 20.4 Å². The molecule has 3 rings (SSSR count). The minimum absolute atomic E-state index is 0.257. The fourth-order valence-corrected chi connectivity index (χ4v) is 3.86. The number of rotatable bonds is 5. The van der Waals surface area contributed by atoms with Gasteiger partial charge < -0.3 is 20.3 Å². The normalized spacial score (nSPS) is 21.7. The van der Waals surface area contributed by atoms with Crippen molar-refractivity contribution in [1.29, 1.82) is 0 Å². The molecule has 2 N–H and O–H groups in total. The minimum atomic E-state index is -0.647. The lowest BCUT2D eigenvalue weighted by Gasteiger charge is -2.32. The largest absolute Gasteiger partial charge is 0.463 e. The summed E-state index contributed by atoms with van der Waals surface area (Å²) in [4.78, 5) is 29.8. The maximum absolute atomic E-state index is 12.8. The number of ether oxygens (including phenoxy) is 1. The molecule has 2 amide bonds. The molecule has 2 heterocycles. The van der Waals surface area contributed by atoms with Gasteiger partial charge in [0.05, 0.1) is 18.2 Å². The zero-order valence-corrected chi connectivity index (χ0v) is 17.1. The first-order valence-electron chi connectivity index (χ1n) is 9.62. The van der Waals surface area contributed by atoms with Gasteiger partial charge in [-0.3, -0.25) is 4.90 Å². The van der Waals surface area contributed by atoms with Crippen molar-refractivity contribution in [2.45, 2.75) is 19.4 Å². The van der Waals surface area contributed by atoms with Gasteiger partial charge in [0, 0.05) is 30.4 Å². The van der Waals surface area contributed by atoms with Crippen LogP contribution in [-0.2, 0) is 9.53 Å². The van der Waals surface area contributed by atoms with Gasteiger partial charge in [-0.1, -0.05) is 29.8 Å². The molecule has 1 aromatic rings. The molecular formula is C20H27ClN4O3. The Labute approximate surface area is 170 Å². The van der Waals surface area contributed by atoms with E-state index < -0.39 is 12.0 Å². The molecule has 0 bridgehead atoms. The van der Waals surface area contributed by atoms with Gasteiger partial charge in [-0.05, 0) is 45.1 Å². The summed E-state index contributed by atoms with van der Waals surface area (Å²) in [5.41, 5.74) is 1.67. The number of nitrogens with one attached hydrogen (secondary N) is 2. The molecule has 0 aromatic heterocycles. The van der Waals surface area contributed by atoms with Crippen molar-refractivity contribution >= 4 is 23.6 Å². The third kappa shape index (κ3) is 4.84. The molecule has 0 spiro atoms. The molecule has 7 nitrogen and oxygen atoms in total. The van der Waals surface area contributed by atoms with Gasteiger partial charge in [-0.2, -0.15) is 0 Å². The van der Waals surface area contributed by atoms with Gasteiger partial charge in [-0.25, -0.2) is 9.59 Å². The maximum atomic E-state index is 12.8. The first-order valence-corrected chi connectivity index (χ1v) is 10.0. The van der Waals surface area contributed by atoms with Crippen LogP contribution in [0.5, 0.6) is 0 Å². The van der Waals surface area contributed by atoms with Crippen molar-refractivity contribution < 1.29 is 14.3 Å². The molecule has 2 aliphatic heterocycles. The Kier molecular flexibility index (Phi) is 6.93. The van der Waals surface area contributed by atoms with Gasteiger partial charge in [0.2, 0.25) is 0 Å². The number of esters is 1. The van der Waals surface area contributed by atoms with Gasteiger partial charge in [0.1, 0.15) is 0 Å². The van der Waals surface area contributed by atoms with Crippen LogP contribution in [0.3, 0.4) is 0 Å². The molecule has 0 unspecified atom stereocenters. The number of likely N-dealkylation sites (N-methyl/N-ethyl adjacent to an activating group) is 1. The van der Waals surface area contributed by atoms with E-state index in [1.807, 2.05) is 18.2 Å². The van der Waals surface area contributed by atoms with Crippen LogP contribution < -0.4 is 10.6 Å². The van der Waals surface area contributed by atoms with Crippen molar-refractivity contribution in [3.63, 3.8) is 0 Å². The highest BCUT2D eigenvalue weighted by Gasteiger charge is 2.35. The number of carbonyl (C=O) groups excluding carboxylic acids is 2. The van der Waals surface area contributed by atoms with E-state index >= 15 is 0 Å². The van der Waals surface area contributed by atoms with Crippen LogP contribution in [0.2, 0.25) is 5.02 Å². The molecule has 1 saturated heterocycles. The van der Waals surface area contributed by atoms with Crippen LogP contribution in [0.25, 0.3) is 0 Å². The topological polar surface area (TPSA) is 73.9 Å². The molecule has 8 heteroatoms. The number of hydrogen-bond acceptors (Lipinski definition) is 5. The molecule has 1 atom stereocenters. The first kappa shape index (κ1) is 20.6. The van der Waals surface area contributed by atoms with E-state index in [1.165, 1.54) is 0 Å². The molecule has 152 valence electrons. The molecular weight excluding hydrogens is 380 g/mol. The number of nitrogens with zero attached hydrogens (tertiary/aromatic N) is 2. The summed E-state index contributed by atoms with van der Waals surface area (Å²) in [6.45, 7) is 6.27. The van der Waals surface area contributed by atoms with Gasteiger partial charge in [0.25, 0.3) is 0 Å². The van der Waals surface area contributed by atoms with Crippen molar-refractivity contribution in [3.05, 3.63) is 46.1 Å². The lowest BCUT2D eigenvalue weighted by Crippen LogP contribution is -2.48. The second-order valence-electron chi connectivity index (χ2n) is 7.10. The second kappa shape index (κ2) is 9.41. The van der Waals surface area contributed by atoms with E-state index in [1.54, 1.807) is 13.0 Å². The Hall–Kier alpha value is -2.09. The zero-order chi connectivity index (χ0) is 20.1. The fourth-order valence-electron chi connectivity index (χ4n) is 3.62. The van der Waals surface area contributed by atoms with Crippen molar-refractivity contribution in [2.24, 2.45) is 0 Å². The third-order valence-electron chi connectivity index (χ3n) is 5.06. The monoisotopic (exact) mass is 406 g/mol. The Morgan fingerprint density at radius 1 is 1.25 bits per heavy atom. The molecule has 0 radical (unpaired) electrons. The number of carbonyl (C=O) groups is 2. The summed E-state index contributed by atoms with van der Waals surface area (Å²) in [5.74, 6) is -0.443. The van der Waals surface area contributed by atoms with Crippen LogP contribution in [0.15, 0.2) is 35.5 Å². The van der Waals surface area contributed by atoms with E-state index in [-0.39, 0.29) is 12.6 Å². The summed E-state index contributed by atoms with van der Waals surface area (Å²) < 4.78 is 5.31. The van der Waals surface area contributed by atoms with Crippen LogP contribution in [-0.4, -0.2) is 68.2 Å². The number of halogens is 1. The standard InChI is InChI=1S/C20H27ClN4O3/c1-3-28-19(26)17-16(13-25-10-6-9-24(2)11-12-25)22-20(27)23-18(17)14-7-4-5-8-15(14)21/h4-5,7-8,18H,3,6,9-13H2,1-2H3,(H2,22,23,27)/t18-/m0/s1. The van der Waals surface area contributed by atoms with E-state index in [4.69, 9.17) is 16.3 Å². The quantitative estimate of drug-likeness (QED) is 0.733. The van der Waals surface area contributed by atoms with Crippen molar-refractivity contribution in [2.75, 3.05) is 46.4 Å². The van der Waals surface area contributed by atoms with Crippen LogP contribution in [0.4, 0.5) is 4.79 Å². The van der Waals surface area contributed by atoms with Crippen LogP contribution >= 0.6 is 11.6 Å². The van der Waals surface area contributed by atoms with Gasteiger partial charge in [-0.15, -0.1) is 0 Å². The number of benzene rings is 1. The number of amides is 2. The predicted octanol–water partition coefficient (Wildman–Crippen LogP) is 2.15. The summed E-state index contributed by atoms with van der Waals surface area (Å²) >= 11 is 6.37. The highest BCUT2D eigenvalue weighted by molar-refractivity contribution is 6.31. The van der Waals surface area contributed by atoms with E-state index in [0.29, 0.717) is 28.4 Å². The predicted molar refractivity (Wildman–Crippen MR) is 108 cm³/mol. The molecule has 1 aromatic carbocycles. The van der Waals surface area contributed by atoms with Crippen LogP contribution in [0.1, 0.15) is 24.9 Å². The smallest absolute Gasteiger partial charge is 0.338 e. The minimum Gasteiger partial charge on any atom is -0.463 e. The average Bonchev–Trinajstić information content (AvgIpc) is 2.86. The highest BCUT2D eigenvalue weighted by Crippen LogP contribution is 2.32. The third-order valence-corrected chi connectivity index (χ3v) is 5.40. The molecule has 1 fully saturated rings. The van der Waals surface area contributed by atoms with E-state index in [2.05, 4.69) is 27.5 Å². The van der Waals surface area contributed by atoms with Gasteiger partial charge in [0.15, 0.2) is 0 Å². The summed E-state index contributed by atoms with van der Waals surface area (Å²) in [6, 6.07) is 6.22. The SMILES string of the molecule is CCOC(=O)C1=C(CN2CCCN(C)CC2)NC(=O)N[C@H]1c1ccccc1Cl. The average molecular weight is 407 g/mol. The van der Waals surface area contributed by atoms with Gasteiger partial charge >= 0.3 is 12.0 Å². The van der Waals surface area contributed by atoms with Crippen LogP contribution in [0, 0.1) is 0 Å². The molecule has 0 aliphatic carbocycles. The van der Waals surface area contributed by atoms with E-state index in [0.717, 1.165) is 32.6 Å². The summed E-state index contributed by atoms with van der Waals surface area (Å²) in [7, 11) is 2.10. The molecule has 0 saturated carbocycles.